The van der Waals surface area contributed by atoms with E-state index in [1.54, 1.807) is 13.3 Å². The summed E-state index contributed by atoms with van der Waals surface area (Å²) in [5, 5.41) is 4.96. The van der Waals surface area contributed by atoms with Gasteiger partial charge in [-0.15, -0.1) is 0 Å². The Labute approximate surface area is 111 Å². The fourth-order valence-corrected chi connectivity index (χ4v) is 1.65. The first-order valence-corrected chi connectivity index (χ1v) is 6.10. The van der Waals surface area contributed by atoms with Crippen molar-refractivity contribution in [3.05, 3.63) is 30.0 Å². The van der Waals surface area contributed by atoms with E-state index in [1.165, 1.54) is 0 Å². The summed E-state index contributed by atoms with van der Waals surface area (Å²) < 4.78 is 5.19. The van der Waals surface area contributed by atoms with Crippen LogP contribution >= 0.6 is 0 Å². The van der Waals surface area contributed by atoms with Crippen molar-refractivity contribution < 1.29 is 9.53 Å². The Morgan fingerprint density at radius 2 is 2.26 bits per heavy atom. The molecule has 0 atom stereocenters. The van der Waals surface area contributed by atoms with Gasteiger partial charge in [-0.1, -0.05) is 13.8 Å². The Balaban J connectivity index is 2.21. The van der Waals surface area contributed by atoms with Gasteiger partial charge in [-0.3, -0.25) is 4.79 Å². The van der Waals surface area contributed by atoms with Gasteiger partial charge < -0.3 is 9.72 Å². The number of carbonyl (C=O) groups excluding carboxylic acids is 1. The van der Waals surface area contributed by atoms with Crippen molar-refractivity contribution in [2.45, 2.75) is 13.8 Å². The molecule has 0 fully saturated rings. The van der Waals surface area contributed by atoms with Gasteiger partial charge in [0.2, 0.25) is 5.91 Å². The number of fused-ring (bicyclic) bond motifs is 1. The topological polar surface area (TPSA) is 66.5 Å². The molecular weight excluding hydrogens is 242 g/mol. The van der Waals surface area contributed by atoms with Crippen molar-refractivity contribution in [3.8, 4) is 5.75 Å². The smallest absolute Gasteiger partial charge is 0.242 e. The van der Waals surface area contributed by atoms with Gasteiger partial charge in [0.1, 0.15) is 5.75 Å². The third-order valence-corrected chi connectivity index (χ3v) is 2.82. The minimum Gasteiger partial charge on any atom is -0.497 e. The number of amides is 1. The van der Waals surface area contributed by atoms with Crippen molar-refractivity contribution in [1.29, 1.82) is 0 Å². The van der Waals surface area contributed by atoms with E-state index >= 15 is 0 Å². The molecule has 19 heavy (non-hydrogen) atoms. The predicted octanol–water partition coefficient (Wildman–Crippen LogP) is 2.28. The Morgan fingerprint density at radius 3 is 2.95 bits per heavy atom. The first-order valence-electron chi connectivity index (χ1n) is 6.10. The molecule has 0 spiro atoms. The van der Waals surface area contributed by atoms with Crippen molar-refractivity contribution in [3.63, 3.8) is 0 Å². The average molecular weight is 259 g/mol. The molecule has 0 saturated heterocycles. The highest BCUT2D eigenvalue weighted by Gasteiger charge is 2.05. The Bertz CT molecular complexity index is 614. The van der Waals surface area contributed by atoms with Crippen LogP contribution < -0.4 is 10.2 Å². The van der Waals surface area contributed by atoms with Crippen LogP contribution in [0.3, 0.4) is 0 Å². The first kappa shape index (κ1) is 13.1. The van der Waals surface area contributed by atoms with Crippen LogP contribution in [0.2, 0.25) is 0 Å². The van der Waals surface area contributed by atoms with Gasteiger partial charge in [0.25, 0.3) is 0 Å². The largest absolute Gasteiger partial charge is 0.497 e. The number of carbonyl (C=O) groups is 1. The number of hydrogen-bond acceptors (Lipinski definition) is 3. The number of nitrogens with zero attached hydrogens (tertiary/aromatic N) is 1. The van der Waals surface area contributed by atoms with E-state index in [1.807, 2.05) is 38.2 Å². The third kappa shape index (κ3) is 2.93. The number of H-pyrrole nitrogens is 1. The third-order valence-electron chi connectivity index (χ3n) is 2.82. The maximum Gasteiger partial charge on any atom is 0.242 e. The van der Waals surface area contributed by atoms with Crippen LogP contribution in [-0.2, 0) is 4.79 Å². The summed E-state index contributed by atoms with van der Waals surface area (Å²) in [5.41, 5.74) is 4.40. The fraction of sp³-hybridized carbons (Fsp3) is 0.286. The SMILES string of the molecule is COc1ccc2[nH]cc(/C=N/NC(=O)C(C)C)c2c1. The number of aromatic nitrogens is 1. The van der Waals surface area contributed by atoms with Gasteiger partial charge in [0, 0.05) is 28.6 Å². The summed E-state index contributed by atoms with van der Waals surface area (Å²) in [5.74, 6) is 0.599. The van der Waals surface area contributed by atoms with E-state index in [9.17, 15) is 4.79 Å². The van der Waals surface area contributed by atoms with Gasteiger partial charge in [-0.25, -0.2) is 5.43 Å². The minimum atomic E-state index is -0.103. The number of ether oxygens (including phenoxy) is 1. The summed E-state index contributed by atoms with van der Waals surface area (Å²) in [6.07, 6.45) is 3.47. The van der Waals surface area contributed by atoms with Crippen molar-refractivity contribution >= 4 is 23.0 Å². The summed E-state index contributed by atoms with van der Waals surface area (Å²) in [7, 11) is 1.63. The number of hydrogen-bond donors (Lipinski definition) is 2. The zero-order chi connectivity index (χ0) is 13.8. The van der Waals surface area contributed by atoms with E-state index < -0.39 is 0 Å². The van der Waals surface area contributed by atoms with Crippen molar-refractivity contribution in [2.24, 2.45) is 11.0 Å². The first-order chi connectivity index (χ1) is 9.11. The molecule has 1 aromatic carbocycles. The lowest BCUT2D eigenvalue weighted by Gasteiger charge is -2.01. The van der Waals surface area contributed by atoms with Crippen LogP contribution in [-0.4, -0.2) is 24.2 Å². The Kier molecular flexibility index (Phi) is 3.85. The van der Waals surface area contributed by atoms with Gasteiger partial charge >= 0.3 is 0 Å². The molecule has 1 aromatic heterocycles. The summed E-state index contributed by atoms with van der Waals surface area (Å²) >= 11 is 0. The molecule has 0 bridgehead atoms. The molecule has 1 amide bonds. The quantitative estimate of drug-likeness (QED) is 0.653. The standard InChI is InChI=1S/C14H17N3O2/c1-9(2)14(18)17-16-8-10-7-15-13-5-4-11(19-3)6-12(10)13/h4-9,15H,1-3H3,(H,17,18)/b16-8+. The van der Waals surface area contributed by atoms with Crippen LogP contribution in [0.25, 0.3) is 10.9 Å². The van der Waals surface area contributed by atoms with E-state index in [-0.39, 0.29) is 11.8 Å². The fourth-order valence-electron chi connectivity index (χ4n) is 1.65. The zero-order valence-corrected chi connectivity index (χ0v) is 11.2. The molecule has 1 heterocycles. The van der Waals surface area contributed by atoms with E-state index in [0.717, 1.165) is 22.2 Å². The molecule has 0 unspecified atom stereocenters. The number of rotatable bonds is 4. The summed E-state index contributed by atoms with van der Waals surface area (Å²) in [6, 6.07) is 5.76. The lowest BCUT2D eigenvalue weighted by Crippen LogP contribution is -2.22. The highest BCUT2D eigenvalue weighted by molar-refractivity contribution is 5.99. The van der Waals surface area contributed by atoms with Gasteiger partial charge in [0.05, 0.1) is 13.3 Å². The second-order valence-electron chi connectivity index (χ2n) is 4.54. The molecular formula is C14H17N3O2. The monoisotopic (exact) mass is 259 g/mol. The Hall–Kier alpha value is -2.30. The number of nitrogens with one attached hydrogen (secondary N) is 2. The highest BCUT2D eigenvalue weighted by atomic mass is 16.5. The number of methoxy groups -OCH3 is 1. The highest BCUT2D eigenvalue weighted by Crippen LogP contribution is 2.22. The molecule has 100 valence electrons. The van der Waals surface area contributed by atoms with Gasteiger partial charge in [0.15, 0.2) is 0 Å². The molecule has 5 nitrogen and oxygen atoms in total. The summed E-state index contributed by atoms with van der Waals surface area (Å²) in [6.45, 7) is 3.64. The molecule has 0 aliphatic carbocycles. The van der Waals surface area contributed by atoms with Crippen LogP contribution in [0.15, 0.2) is 29.5 Å². The normalized spacial score (nSPS) is 11.4. The van der Waals surface area contributed by atoms with Crippen LogP contribution in [0.5, 0.6) is 5.75 Å². The van der Waals surface area contributed by atoms with Gasteiger partial charge in [-0.2, -0.15) is 5.10 Å². The molecule has 0 aliphatic heterocycles. The number of hydrazone groups is 1. The van der Waals surface area contributed by atoms with E-state index in [4.69, 9.17) is 4.74 Å². The predicted molar refractivity (Wildman–Crippen MR) is 75.4 cm³/mol. The second kappa shape index (κ2) is 5.56. The molecule has 2 N–H and O–H groups in total. The summed E-state index contributed by atoms with van der Waals surface area (Å²) in [4.78, 5) is 14.5. The van der Waals surface area contributed by atoms with Crippen LogP contribution in [0.4, 0.5) is 0 Å². The maximum atomic E-state index is 11.4. The van der Waals surface area contributed by atoms with E-state index in [2.05, 4.69) is 15.5 Å². The molecule has 5 heteroatoms. The van der Waals surface area contributed by atoms with Gasteiger partial charge in [-0.05, 0) is 18.2 Å². The second-order valence-corrected chi connectivity index (χ2v) is 4.54. The molecule has 2 aromatic rings. The molecule has 0 saturated carbocycles. The van der Waals surface area contributed by atoms with E-state index in [0.29, 0.717) is 0 Å². The van der Waals surface area contributed by atoms with Crippen molar-refractivity contribution in [2.75, 3.05) is 7.11 Å². The number of aromatic amines is 1. The van der Waals surface area contributed by atoms with Crippen LogP contribution in [0, 0.1) is 5.92 Å². The minimum absolute atomic E-state index is 0.0831. The van der Waals surface area contributed by atoms with Crippen LogP contribution in [0.1, 0.15) is 19.4 Å². The van der Waals surface area contributed by atoms with Crippen molar-refractivity contribution in [1.82, 2.24) is 10.4 Å². The average Bonchev–Trinajstić information content (AvgIpc) is 2.81. The molecule has 2 rings (SSSR count). The lowest BCUT2D eigenvalue weighted by atomic mass is 10.2. The Morgan fingerprint density at radius 1 is 1.47 bits per heavy atom. The molecule has 0 radical (unpaired) electrons. The molecule has 0 aliphatic rings. The maximum absolute atomic E-state index is 11.4. The lowest BCUT2D eigenvalue weighted by molar-refractivity contribution is -0.123. The zero-order valence-electron chi connectivity index (χ0n) is 11.2. The number of benzene rings is 1.